The quantitative estimate of drug-likeness (QED) is 0.592. The number of guanidine groups is 1. The van der Waals surface area contributed by atoms with Gasteiger partial charge in [0.15, 0.2) is 11.7 Å². The Morgan fingerprint density at radius 2 is 2.00 bits per heavy atom. The maximum atomic E-state index is 11.2. The summed E-state index contributed by atoms with van der Waals surface area (Å²) >= 11 is 6.17. The summed E-state index contributed by atoms with van der Waals surface area (Å²) in [6.07, 6.45) is 0. The maximum absolute atomic E-state index is 11.2. The van der Waals surface area contributed by atoms with Crippen molar-refractivity contribution >= 4 is 29.2 Å². The molecule has 1 aliphatic heterocycles. The lowest BCUT2D eigenvalue weighted by Gasteiger charge is -2.38. The molecule has 0 saturated carbocycles. The molecule has 0 bridgehead atoms. The number of hydrogen-bond donors (Lipinski definition) is 2. The van der Waals surface area contributed by atoms with Gasteiger partial charge in [-0.3, -0.25) is 4.79 Å². The zero-order valence-corrected chi connectivity index (χ0v) is 17.0. The van der Waals surface area contributed by atoms with E-state index in [1.807, 2.05) is 19.1 Å². The first-order chi connectivity index (χ1) is 13.5. The number of carbonyl (C=O) groups is 1. The lowest BCUT2D eigenvalue weighted by atomic mass is 10.1. The van der Waals surface area contributed by atoms with Gasteiger partial charge in [-0.25, -0.2) is 4.99 Å². The van der Waals surface area contributed by atoms with Crippen LogP contribution in [0.3, 0.4) is 0 Å². The number of rotatable bonds is 5. The number of aliphatic imine (C=N–C) groups is 1. The second-order valence-electron chi connectivity index (χ2n) is 6.71. The summed E-state index contributed by atoms with van der Waals surface area (Å²) in [5.74, 6) is 1.02. The first-order valence-corrected chi connectivity index (χ1v) is 9.78. The highest BCUT2D eigenvalue weighted by Crippen LogP contribution is 2.25. The van der Waals surface area contributed by atoms with Crippen molar-refractivity contribution in [2.75, 3.05) is 37.6 Å². The molecule has 1 saturated heterocycles. The Bertz CT molecular complexity index is 856. The molecule has 2 aromatic rings. The molecule has 0 atom stereocenters. The van der Waals surface area contributed by atoms with Crippen LogP contribution in [0.1, 0.15) is 28.8 Å². The average Bonchev–Trinajstić information content (AvgIpc) is 3.17. The molecule has 7 nitrogen and oxygen atoms in total. The minimum absolute atomic E-state index is 0.153. The number of halogens is 1. The fraction of sp³-hybridized carbons (Fsp3) is 0.400. The molecule has 2 heterocycles. The lowest BCUT2D eigenvalue weighted by molar-refractivity contribution is 0.0972. The van der Waals surface area contributed by atoms with Gasteiger partial charge >= 0.3 is 0 Å². The van der Waals surface area contributed by atoms with Crippen molar-refractivity contribution in [3.8, 4) is 0 Å². The number of carbonyl (C=O) groups excluding carboxylic acids is 1. The van der Waals surface area contributed by atoms with Crippen LogP contribution in [0.15, 0.2) is 39.7 Å². The van der Waals surface area contributed by atoms with Gasteiger partial charge in [0.2, 0.25) is 0 Å². The van der Waals surface area contributed by atoms with E-state index in [2.05, 4.69) is 33.1 Å². The van der Waals surface area contributed by atoms with Gasteiger partial charge < -0.3 is 25.3 Å². The molecule has 1 aromatic carbocycles. The van der Waals surface area contributed by atoms with E-state index >= 15 is 0 Å². The third-order valence-corrected chi connectivity index (χ3v) is 4.95. The molecule has 0 spiro atoms. The van der Waals surface area contributed by atoms with Crippen LogP contribution in [-0.4, -0.2) is 49.5 Å². The van der Waals surface area contributed by atoms with Gasteiger partial charge in [0, 0.05) is 43.4 Å². The molecule has 3 N–H and O–H groups in total. The highest BCUT2D eigenvalue weighted by molar-refractivity contribution is 6.30. The average molecular weight is 404 g/mol. The number of hydrogen-bond acceptors (Lipinski definition) is 4. The van der Waals surface area contributed by atoms with Crippen molar-refractivity contribution in [1.82, 2.24) is 10.2 Å². The van der Waals surface area contributed by atoms with Crippen molar-refractivity contribution < 1.29 is 9.21 Å². The lowest BCUT2D eigenvalue weighted by Crippen LogP contribution is -2.52. The number of furan rings is 1. The summed E-state index contributed by atoms with van der Waals surface area (Å²) in [6.45, 7) is 8.74. The van der Waals surface area contributed by atoms with Crippen LogP contribution in [0.5, 0.6) is 0 Å². The topological polar surface area (TPSA) is 87.1 Å². The Morgan fingerprint density at radius 1 is 1.25 bits per heavy atom. The van der Waals surface area contributed by atoms with Crippen molar-refractivity contribution in [2.45, 2.75) is 20.4 Å². The highest BCUT2D eigenvalue weighted by atomic mass is 35.5. The van der Waals surface area contributed by atoms with Crippen molar-refractivity contribution in [3.63, 3.8) is 0 Å². The van der Waals surface area contributed by atoms with Crippen LogP contribution in [0.25, 0.3) is 0 Å². The smallest absolute Gasteiger partial charge is 0.284 e. The van der Waals surface area contributed by atoms with Crippen LogP contribution in [-0.2, 0) is 6.54 Å². The van der Waals surface area contributed by atoms with E-state index in [9.17, 15) is 4.79 Å². The molecule has 8 heteroatoms. The van der Waals surface area contributed by atoms with Gasteiger partial charge in [0.05, 0.1) is 0 Å². The van der Waals surface area contributed by atoms with Crippen molar-refractivity contribution in [1.29, 1.82) is 0 Å². The minimum atomic E-state index is -0.574. The summed E-state index contributed by atoms with van der Waals surface area (Å²) < 4.78 is 5.41. The summed E-state index contributed by atoms with van der Waals surface area (Å²) in [6, 6.07) is 9.31. The Hall–Kier alpha value is -2.67. The fourth-order valence-corrected chi connectivity index (χ4v) is 3.42. The van der Waals surface area contributed by atoms with E-state index in [0.29, 0.717) is 12.3 Å². The number of aryl methyl sites for hydroxylation is 1. The van der Waals surface area contributed by atoms with E-state index in [-0.39, 0.29) is 5.76 Å². The molecule has 3 rings (SSSR count). The number of piperazine rings is 1. The molecule has 28 heavy (non-hydrogen) atoms. The molecule has 0 unspecified atom stereocenters. The van der Waals surface area contributed by atoms with E-state index in [4.69, 9.17) is 21.8 Å². The normalized spacial score (nSPS) is 15.0. The Kier molecular flexibility index (Phi) is 6.46. The molecule has 1 amide bonds. The Morgan fingerprint density at radius 3 is 2.64 bits per heavy atom. The molecule has 1 aliphatic rings. The molecule has 1 fully saturated rings. The number of nitrogens with two attached hydrogens (primary N) is 1. The molecular weight excluding hydrogens is 378 g/mol. The molecule has 0 aliphatic carbocycles. The summed E-state index contributed by atoms with van der Waals surface area (Å²) in [7, 11) is 0. The first kappa shape index (κ1) is 20.1. The van der Waals surface area contributed by atoms with Gasteiger partial charge in [-0.05, 0) is 43.7 Å². The van der Waals surface area contributed by atoms with E-state index in [1.165, 1.54) is 11.3 Å². The number of anilines is 1. The van der Waals surface area contributed by atoms with E-state index in [0.717, 1.165) is 43.7 Å². The maximum Gasteiger partial charge on any atom is 0.284 e. The number of nitrogens with zero attached hydrogens (tertiary/aromatic N) is 3. The Labute approximate surface area is 170 Å². The third-order valence-electron chi connectivity index (χ3n) is 4.72. The summed E-state index contributed by atoms with van der Waals surface area (Å²) in [5, 5.41) is 4.09. The number of amides is 1. The van der Waals surface area contributed by atoms with Gasteiger partial charge in [-0.15, -0.1) is 0 Å². The molecule has 150 valence electrons. The summed E-state index contributed by atoms with van der Waals surface area (Å²) in [4.78, 5) is 20.4. The van der Waals surface area contributed by atoms with Crippen LogP contribution in [0, 0.1) is 6.92 Å². The second-order valence-corrected chi connectivity index (χ2v) is 7.14. The second kappa shape index (κ2) is 9.01. The van der Waals surface area contributed by atoms with Gasteiger partial charge in [-0.2, -0.15) is 0 Å². The number of benzene rings is 1. The standard InChI is InChI=1S/C20H26ClN5O2/c1-3-23-20(24-13-16-6-7-18(28-16)19(22)27)26-10-8-25(9-11-26)17-12-15(21)5-4-14(17)2/h4-7,12H,3,8-11,13H2,1-2H3,(H2,22,27)(H,23,24). The number of nitrogens with one attached hydrogen (secondary N) is 1. The predicted octanol–water partition coefficient (Wildman–Crippen LogP) is 2.63. The zero-order valence-electron chi connectivity index (χ0n) is 16.2. The third kappa shape index (κ3) is 4.78. The largest absolute Gasteiger partial charge is 0.454 e. The van der Waals surface area contributed by atoms with Crippen LogP contribution >= 0.6 is 11.6 Å². The van der Waals surface area contributed by atoms with Crippen LogP contribution in [0.2, 0.25) is 5.02 Å². The van der Waals surface area contributed by atoms with Crippen molar-refractivity contribution in [2.24, 2.45) is 10.7 Å². The van der Waals surface area contributed by atoms with Crippen molar-refractivity contribution in [3.05, 3.63) is 52.4 Å². The SMILES string of the molecule is CCNC(=NCc1ccc(C(N)=O)o1)N1CCN(c2cc(Cl)ccc2C)CC1. The fourth-order valence-electron chi connectivity index (χ4n) is 3.26. The number of primary amides is 1. The van der Waals surface area contributed by atoms with E-state index in [1.54, 1.807) is 12.1 Å². The van der Waals surface area contributed by atoms with Crippen LogP contribution in [0.4, 0.5) is 5.69 Å². The minimum Gasteiger partial charge on any atom is -0.454 e. The van der Waals surface area contributed by atoms with E-state index < -0.39 is 5.91 Å². The molecular formula is C20H26ClN5O2. The highest BCUT2D eigenvalue weighted by Gasteiger charge is 2.21. The van der Waals surface area contributed by atoms with Gasteiger partial charge in [0.25, 0.3) is 5.91 Å². The summed E-state index contributed by atoms with van der Waals surface area (Å²) in [5.41, 5.74) is 7.63. The predicted molar refractivity (Wildman–Crippen MR) is 112 cm³/mol. The first-order valence-electron chi connectivity index (χ1n) is 9.40. The Balaban J connectivity index is 1.65. The van der Waals surface area contributed by atoms with Gasteiger partial charge in [-0.1, -0.05) is 17.7 Å². The molecule has 0 radical (unpaired) electrons. The zero-order chi connectivity index (χ0) is 20.1. The monoisotopic (exact) mass is 403 g/mol. The van der Waals surface area contributed by atoms with Crippen LogP contribution < -0.4 is 16.0 Å². The molecule has 1 aromatic heterocycles. The van der Waals surface area contributed by atoms with Gasteiger partial charge in [0.1, 0.15) is 12.3 Å².